The highest BCUT2D eigenvalue weighted by atomic mass is 16.5. The van der Waals surface area contributed by atoms with Gasteiger partial charge < -0.3 is 15.0 Å². The number of H-pyrrole nitrogens is 1. The number of carbonyl (C=O) groups is 1. The van der Waals surface area contributed by atoms with Crippen LogP contribution in [0.5, 0.6) is 5.75 Å². The minimum atomic E-state index is -0.217. The third kappa shape index (κ3) is 5.17. The predicted octanol–water partition coefficient (Wildman–Crippen LogP) is 4.70. The van der Waals surface area contributed by atoms with Gasteiger partial charge in [0.25, 0.3) is 11.5 Å². The molecule has 156 valence electrons. The molecule has 3 aromatic rings. The van der Waals surface area contributed by atoms with Crippen molar-refractivity contribution in [3.63, 3.8) is 0 Å². The van der Waals surface area contributed by atoms with Crippen LogP contribution in [0.1, 0.15) is 52.7 Å². The SMILES string of the molecule is Cc1cc(C)c(CNC(=O)c2ccc(C(Oc3ccccc3)C(C)C)cc2)c(=O)[nH]1. The van der Waals surface area contributed by atoms with E-state index in [2.05, 4.69) is 24.1 Å². The lowest BCUT2D eigenvalue weighted by atomic mass is 9.97. The molecular formula is C25H28N2O3. The molecule has 5 nitrogen and oxygen atoms in total. The molecule has 3 rings (SSSR count). The summed E-state index contributed by atoms with van der Waals surface area (Å²) in [6, 6.07) is 19.0. The molecule has 0 saturated heterocycles. The molecule has 5 heteroatoms. The summed E-state index contributed by atoms with van der Waals surface area (Å²) < 4.78 is 6.16. The van der Waals surface area contributed by atoms with Gasteiger partial charge in [0.1, 0.15) is 11.9 Å². The van der Waals surface area contributed by atoms with Gasteiger partial charge in [0.2, 0.25) is 0 Å². The van der Waals surface area contributed by atoms with Gasteiger partial charge in [-0.2, -0.15) is 0 Å². The van der Waals surface area contributed by atoms with Crippen molar-refractivity contribution < 1.29 is 9.53 Å². The number of hydrogen-bond acceptors (Lipinski definition) is 3. The number of hydrogen-bond donors (Lipinski definition) is 2. The van der Waals surface area contributed by atoms with Gasteiger partial charge in [0.15, 0.2) is 0 Å². The van der Waals surface area contributed by atoms with Gasteiger partial charge in [0.05, 0.1) is 0 Å². The molecule has 0 aliphatic rings. The molecule has 0 bridgehead atoms. The fourth-order valence-electron chi connectivity index (χ4n) is 3.43. The largest absolute Gasteiger partial charge is 0.485 e. The number of benzene rings is 2. The Bertz CT molecular complexity index is 1050. The molecule has 0 saturated carbocycles. The normalized spacial score (nSPS) is 11.9. The van der Waals surface area contributed by atoms with Gasteiger partial charge in [-0.1, -0.05) is 44.2 Å². The summed E-state index contributed by atoms with van der Waals surface area (Å²) in [6.45, 7) is 8.11. The average molecular weight is 405 g/mol. The molecular weight excluding hydrogens is 376 g/mol. The number of nitrogens with one attached hydrogen (secondary N) is 2. The van der Waals surface area contributed by atoms with Crippen molar-refractivity contribution >= 4 is 5.91 Å². The van der Waals surface area contributed by atoms with Crippen molar-refractivity contribution in [2.45, 2.75) is 40.3 Å². The van der Waals surface area contributed by atoms with Gasteiger partial charge in [0, 0.05) is 23.4 Å². The monoisotopic (exact) mass is 404 g/mol. The van der Waals surface area contributed by atoms with Crippen LogP contribution in [0, 0.1) is 19.8 Å². The standard InChI is InChI=1S/C25H28N2O3/c1-16(2)23(30-21-8-6-5-7-9-21)19-10-12-20(13-11-19)24(28)26-15-22-17(3)14-18(4)27-25(22)29/h5-14,16,23H,15H2,1-4H3,(H,26,28)(H,27,29). The van der Waals surface area contributed by atoms with E-state index in [1.54, 1.807) is 12.1 Å². The first kappa shape index (κ1) is 21.4. The zero-order valence-corrected chi connectivity index (χ0v) is 17.9. The van der Waals surface area contributed by atoms with Gasteiger partial charge >= 0.3 is 0 Å². The van der Waals surface area contributed by atoms with Crippen molar-refractivity contribution in [3.8, 4) is 5.75 Å². The zero-order chi connectivity index (χ0) is 21.7. The lowest BCUT2D eigenvalue weighted by Gasteiger charge is -2.23. The minimum absolute atomic E-state index is 0.113. The molecule has 0 aliphatic heterocycles. The molecule has 1 heterocycles. The fourth-order valence-corrected chi connectivity index (χ4v) is 3.43. The Kier molecular flexibility index (Phi) is 6.72. The van der Waals surface area contributed by atoms with Crippen molar-refractivity contribution in [1.82, 2.24) is 10.3 Å². The molecule has 0 fully saturated rings. The summed E-state index contributed by atoms with van der Waals surface area (Å²) in [6.07, 6.45) is -0.113. The Labute approximate surface area is 177 Å². The van der Waals surface area contributed by atoms with E-state index in [1.807, 2.05) is 62.4 Å². The summed E-state index contributed by atoms with van der Waals surface area (Å²) >= 11 is 0. The van der Waals surface area contributed by atoms with E-state index in [9.17, 15) is 9.59 Å². The highest BCUT2D eigenvalue weighted by Gasteiger charge is 2.18. The van der Waals surface area contributed by atoms with E-state index in [-0.39, 0.29) is 30.0 Å². The number of aryl methyl sites for hydroxylation is 2. The summed E-state index contributed by atoms with van der Waals surface area (Å²) in [4.78, 5) is 27.5. The first-order valence-corrected chi connectivity index (χ1v) is 10.1. The van der Waals surface area contributed by atoms with Crippen molar-refractivity contribution in [2.24, 2.45) is 5.92 Å². The van der Waals surface area contributed by atoms with E-state index in [1.165, 1.54) is 0 Å². The lowest BCUT2D eigenvalue weighted by molar-refractivity contribution is 0.0950. The Morgan fingerprint density at radius 3 is 2.30 bits per heavy atom. The number of rotatable bonds is 7. The van der Waals surface area contributed by atoms with Crippen LogP contribution in [-0.2, 0) is 6.54 Å². The maximum atomic E-state index is 12.6. The molecule has 30 heavy (non-hydrogen) atoms. The highest BCUT2D eigenvalue weighted by molar-refractivity contribution is 5.94. The third-order valence-corrected chi connectivity index (χ3v) is 5.03. The van der Waals surface area contributed by atoms with E-state index >= 15 is 0 Å². The van der Waals surface area contributed by atoms with Crippen LogP contribution in [-0.4, -0.2) is 10.9 Å². The highest BCUT2D eigenvalue weighted by Crippen LogP contribution is 2.28. The second kappa shape index (κ2) is 9.44. The molecule has 2 N–H and O–H groups in total. The van der Waals surface area contributed by atoms with Gasteiger partial charge in [-0.05, 0) is 61.2 Å². The fraction of sp³-hybridized carbons (Fsp3) is 0.280. The molecule has 1 amide bonds. The number of pyridine rings is 1. The summed E-state index contributed by atoms with van der Waals surface area (Å²) in [5.41, 5.74) is 3.63. The first-order valence-electron chi connectivity index (χ1n) is 10.1. The lowest BCUT2D eigenvalue weighted by Crippen LogP contribution is -2.28. The molecule has 1 unspecified atom stereocenters. The average Bonchev–Trinajstić information content (AvgIpc) is 2.72. The third-order valence-electron chi connectivity index (χ3n) is 5.03. The minimum Gasteiger partial charge on any atom is -0.485 e. The van der Waals surface area contributed by atoms with Gasteiger partial charge in [-0.25, -0.2) is 0 Å². The summed E-state index contributed by atoms with van der Waals surface area (Å²) in [5, 5.41) is 2.84. The molecule has 1 aromatic heterocycles. The molecule has 2 aromatic carbocycles. The Hall–Kier alpha value is -3.34. The predicted molar refractivity (Wildman–Crippen MR) is 119 cm³/mol. The van der Waals surface area contributed by atoms with Crippen LogP contribution in [0.15, 0.2) is 65.5 Å². The van der Waals surface area contributed by atoms with Crippen molar-refractivity contribution in [1.29, 1.82) is 0 Å². The molecule has 0 radical (unpaired) electrons. The summed E-state index contributed by atoms with van der Waals surface area (Å²) in [7, 11) is 0. The number of ether oxygens (including phenoxy) is 1. The van der Waals surface area contributed by atoms with E-state index in [4.69, 9.17) is 4.74 Å². The number of para-hydroxylation sites is 1. The number of aromatic nitrogens is 1. The van der Waals surface area contributed by atoms with E-state index in [0.717, 1.165) is 22.6 Å². The van der Waals surface area contributed by atoms with Crippen molar-refractivity contribution in [2.75, 3.05) is 0 Å². The van der Waals surface area contributed by atoms with Gasteiger partial charge in [-0.3, -0.25) is 9.59 Å². The first-order chi connectivity index (χ1) is 14.3. The number of carbonyl (C=O) groups excluding carboxylic acids is 1. The van der Waals surface area contributed by atoms with E-state index in [0.29, 0.717) is 11.1 Å². The van der Waals surface area contributed by atoms with Crippen LogP contribution in [0.25, 0.3) is 0 Å². The zero-order valence-electron chi connectivity index (χ0n) is 17.9. The van der Waals surface area contributed by atoms with Crippen LogP contribution >= 0.6 is 0 Å². The second-order valence-electron chi connectivity index (χ2n) is 7.84. The smallest absolute Gasteiger partial charge is 0.253 e. The van der Waals surface area contributed by atoms with Crippen LogP contribution in [0.4, 0.5) is 0 Å². The topological polar surface area (TPSA) is 71.2 Å². The second-order valence-corrected chi connectivity index (χ2v) is 7.84. The Morgan fingerprint density at radius 2 is 1.70 bits per heavy atom. The number of aromatic amines is 1. The van der Waals surface area contributed by atoms with Crippen LogP contribution < -0.4 is 15.6 Å². The maximum Gasteiger partial charge on any atom is 0.253 e. The van der Waals surface area contributed by atoms with Crippen LogP contribution in [0.3, 0.4) is 0 Å². The van der Waals surface area contributed by atoms with Crippen LogP contribution in [0.2, 0.25) is 0 Å². The molecule has 0 spiro atoms. The van der Waals surface area contributed by atoms with Crippen molar-refractivity contribution in [3.05, 3.63) is 99.0 Å². The maximum absolute atomic E-state index is 12.6. The Balaban J connectivity index is 1.69. The Morgan fingerprint density at radius 1 is 1.03 bits per heavy atom. The molecule has 1 atom stereocenters. The number of amides is 1. The van der Waals surface area contributed by atoms with E-state index < -0.39 is 0 Å². The quantitative estimate of drug-likeness (QED) is 0.600. The summed E-state index contributed by atoms with van der Waals surface area (Å²) in [5.74, 6) is 0.865. The molecule has 0 aliphatic carbocycles. The van der Waals surface area contributed by atoms with Gasteiger partial charge in [-0.15, -0.1) is 0 Å².